The van der Waals surface area contributed by atoms with Gasteiger partial charge in [-0.3, -0.25) is 4.79 Å². The molecule has 0 aliphatic carbocycles. The van der Waals surface area contributed by atoms with Crippen molar-refractivity contribution in [2.75, 3.05) is 45.6 Å². The molecule has 1 heterocycles. The zero-order chi connectivity index (χ0) is 12.3. The third-order valence-electron chi connectivity index (χ3n) is 3.22. The Morgan fingerprint density at radius 2 is 1.82 bits per heavy atom. The summed E-state index contributed by atoms with van der Waals surface area (Å²) in [4.78, 5) is 16.5. The number of amides is 1. The molecule has 92 valence electrons. The van der Waals surface area contributed by atoms with Crippen molar-refractivity contribution < 1.29 is 4.79 Å². The Morgan fingerprint density at radius 3 is 2.47 bits per heavy atom. The summed E-state index contributed by atoms with van der Waals surface area (Å²) in [6.07, 6.45) is 0. The van der Waals surface area contributed by atoms with Crippen LogP contribution in [0, 0.1) is 0 Å². The van der Waals surface area contributed by atoms with Gasteiger partial charge in [-0.25, -0.2) is 0 Å². The van der Waals surface area contributed by atoms with Gasteiger partial charge in [0, 0.05) is 38.9 Å². The average molecular weight is 233 g/mol. The Balaban J connectivity index is 2.14. The van der Waals surface area contributed by atoms with Gasteiger partial charge in [-0.15, -0.1) is 0 Å². The largest absolute Gasteiger partial charge is 0.387 e. The molecule has 1 aromatic carbocycles. The van der Waals surface area contributed by atoms with Gasteiger partial charge in [-0.2, -0.15) is 0 Å². The highest BCUT2D eigenvalue weighted by molar-refractivity contribution is 5.99. The number of benzene rings is 1. The summed E-state index contributed by atoms with van der Waals surface area (Å²) < 4.78 is 0. The molecular weight excluding hydrogens is 214 g/mol. The Bertz CT molecular complexity index is 397. The van der Waals surface area contributed by atoms with Crippen molar-refractivity contribution in [1.82, 2.24) is 9.80 Å². The lowest BCUT2D eigenvalue weighted by Gasteiger charge is -2.32. The van der Waals surface area contributed by atoms with Crippen LogP contribution in [0.4, 0.5) is 5.69 Å². The molecule has 1 N–H and O–H groups in total. The molecule has 0 atom stereocenters. The molecule has 0 radical (unpaired) electrons. The number of para-hydroxylation sites is 1. The molecule has 0 spiro atoms. The number of nitrogens with zero attached hydrogens (tertiary/aromatic N) is 2. The van der Waals surface area contributed by atoms with Gasteiger partial charge >= 0.3 is 0 Å². The molecule has 1 aliphatic heterocycles. The quantitative estimate of drug-likeness (QED) is 0.831. The molecule has 1 saturated heterocycles. The van der Waals surface area contributed by atoms with Crippen molar-refractivity contribution in [3.8, 4) is 0 Å². The van der Waals surface area contributed by atoms with Crippen LogP contribution in [0.2, 0.25) is 0 Å². The van der Waals surface area contributed by atoms with E-state index >= 15 is 0 Å². The molecule has 0 unspecified atom stereocenters. The summed E-state index contributed by atoms with van der Waals surface area (Å²) in [6.45, 7) is 3.53. The second-order valence-corrected chi connectivity index (χ2v) is 4.39. The predicted octanol–water partition coefficient (Wildman–Crippen LogP) is 1.12. The Labute approximate surface area is 102 Å². The summed E-state index contributed by atoms with van der Waals surface area (Å²) in [5.41, 5.74) is 1.66. The number of hydrogen-bond acceptors (Lipinski definition) is 3. The van der Waals surface area contributed by atoms with E-state index in [1.807, 2.05) is 36.2 Å². The first kappa shape index (κ1) is 11.9. The van der Waals surface area contributed by atoms with Crippen LogP contribution in [-0.2, 0) is 0 Å². The lowest BCUT2D eigenvalue weighted by atomic mass is 10.1. The fourth-order valence-corrected chi connectivity index (χ4v) is 2.07. The molecule has 4 heteroatoms. The summed E-state index contributed by atoms with van der Waals surface area (Å²) in [6, 6.07) is 7.66. The van der Waals surface area contributed by atoms with E-state index in [4.69, 9.17) is 0 Å². The second kappa shape index (κ2) is 5.19. The first-order valence-electron chi connectivity index (χ1n) is 5.97. The minimum atomic E-state index is 0.128. The maximum Gasteiger partial charge on any atom is 0.256 e. The van der Waals surface area contributed by atoms with Crippen molar-refractivity contribution in [2.24, 2.45) is 0 Å². The van der Waals surface area contributed by atoms with E-state index in [1.165, 1.54) is 0 Å². The highest BCUT2D eigenvalue weighted by Crippen LogP contribution is 2.17. The van der Waals surface area contributed by atoms with Gasteiger partial charge < -0.3 is 15.1 Å². The van der Waals surface area contributed by atoms with Crippen LogP contribution in [-0.4, -0.2) is 56.0 Å². The normalized spacial score (nSPS) is 16.9. The number of carbonyl (C=O) groups excluding carboxylic acids is 1. The van der Waals surface area contributed by atoms with E-state index in [-0.39, 0.29) is 5.91 Å². The van der Waals surface area contributed by atoms with Crippen molar-refractivity contribution in [2.45, 2.75) is 0 Å². The summed E-state index contributed by atoms with van der Waals surface area (Å²) >= 11 is 0. The molecular formula is C13H19N3O. The minimum absolute atomic E-state index is 0.128. The first-order chi connectivity index (χ1) is 8.22. The molecule has 1 amide bonds. The topological polar surface area (TPSA) is 35.6 Å². The van der Waals surface area contributed by atoms with Crippen LogP contribution >= 0.6 is 0 Å². The molecule has 1 fully saturated rings. The van der Waals surface area contributed by atoms with Crippen LogP contribution in [0.3, 0.4) is 0 Å². The maximum absolute atomic E-state index is 12.4. The number of likely N-dealkylation sites (N-methyl/N-ethyl adjacent to an activating group) is 1. The number of piperazine rings is 1. The van der Waals surface area contributed by atoms with Gasteiger partial charge in [0.1, 0.15) is 0 Å². The molecule has 4 nitrogen and oxygen atoms in total. The van der Waals surface area contributed by atoms with E-state index in [0.29, 0.717) is 0 Å². The smallest absolute Gasteiger partial charge is 0.256 e. The second-order valence-electron chi connectivity index (χ2n) is 4.39. The number of anilines is 1. The summed E-state index contributed by atoms with van der Waals surface area (Å²) in [5.74, 6) is 0.128. The predicted molar refractivity (Wildman–Crippen MR) is 69.4 cm³/mol. The van der Waals surface area contributed by atoms with Gasteiger partial charge in [0.05, 0.1) is 5.56 Å². The lowest BCUT2D eigenvalue weighted by molar-refractivity contribution is 0.0665. The number of rotatable bonds is 2. The molecule has 0 bridgehead atoms. The maximum atomic E-state index is 12.4. The highest BCUT2D eigenvalue weighted by Gasteiger charge is 2.21. The van der Waals surface area contributed by atoms with Crippen LogP contribution < -0.4 is 5.32 Å². The van der Waals surface area contributed by atoms with Gasteiger partial charge in [0.25, 0.3) is 5.91 Å². The summed E-state index contributed by atoms with van der Waals surface area (Å²) in [7, 11) is 3.93. The standard InChI is InChI=1S/C13H19N3O/c1-14-12-6-4-3-5-11(12)13(17)16-9-7-15(2)8-10-16/h3-6,14H,7-10H2,1-2H3. The zero-order valence-electron chi connectivity index (χ0n) is 10.4. The van der Waals surface area contributed by atoms with Gasteiger partial charge in [0.2, 0.25) is 0 Å². The molecule has 0 saturated carbocycles. The Kier molecular flexibility index (Phi) is 3.64. The fourth-order valence-electron chi connectivity index (χ4n) is 2.07. The minimum Gasteiger partial charge on any atom is -0.387 e. The van der Waals surface area contributed by atoms with Crippen molar-refractivity contribution in [1.29, 1.82) is 0 Å². The monoisotopic (exact) mass is 233 g/mol. The Morgan fingerprint density at radius 1 is 1.18 bits per heavy atom. The van der Waals surface area contributed by atoms with Crippen molar-refractivity contribution in [3.63, 3.8) is 0 Å². The SMILES string of the molecule is CNc1ccccc1C(=O)N1CCN(C)CC1. The van der Waals surface area contributed by atoms with E-state index in [1.54, 1.807) is 0 Å². The van der Waals surface area contributed by atoms with Crippen LogP contribution in [0.5, 0.6) is 0 Å². The van der Waals surface area contributed by atoms with E-state index in [0.717, 1.165) is 37.4 Å². The van der Waals surface area contributed by atoms with E-state index in [2.05, 4.69) is 17.3 Å². The van der Waals surface area contributed by atoms with Crippen LogP contribution in [0.25, 0.3) is 0 Å². The number of nitrogens with one attached hydrogen (secondary N) is 1. The lowest BCUT2D eigenvalue weighted by Crippen LogP contribution is -2.47. The third-order valence-corrected chi connectivity index (χ3v) is 3.22. The van der Waals surface area contributed by atoms with Crippen molar-refractivity contribution in [3.05, 3.63) is 29.8 Å². The molecule has 17 heavy (non-hydrogen) atoms. The molecule has 2 rings (SSSR count). The van der Waals surface area contributed by atoms with Gasteiger partial charge in [0.15, 0.2) is 0 Å². The summed E-state index contributed by atoms with van der Waals surface area (Å²) in [5, 5.41) is 3.07. The van der Waals surface area contributed by atoms with Crippen LogP contribution in [0.1, 0.15) is 10.4 Å². The van der Waals surface area contributed by atoms with Gasteiger partial charge in [-0.05, 0) is 19.2 Å². The zero-order valence-corrected chi connectivity index (χ0v) is 10.4. The number of hydrogen-bond donors (Lipinski definition) is 1. The first-order valence-corrected chi connectivity index (χ1v) is 5.97. The van der Waals surface area contributed by atoms with Gasteiger partial charge in [-0.1, -0.05) is 12.1 Å². The molecule has 0 aromatic heterocycles. The average Bonchev–Trinajstić information content (AvgIpc) is 2.39. The van der Waals surface area contributed by atoms with Crippen molar-refractivity contribution >= 4 is 11.6 Å². The Hall–Kier alpha value is -1.55. The molecule has 1 aromatic rings. The van der Waals surface area contributed by atoms with E-state index < -0.39 is 0 Å². The highest BCUT2D eigenvalue weighted by atomic mass is 16.2. The number of carbonyl (C=O) groups is 1. The van der Waals surface area contributed by atoms with E-state index in [9.17, 15) is 4.79 Å². The fraction of sp³-hybridized carbons (Fsp3) is 0.462. The molecule has 1 aliphatic rings. The van der Waals surface area contributed by atoms with Crippen LogP contribution in [0.15, 0.2) is 24.3 Å². The third kappa shape index (κ3) is 2.58.